The fraction of sp³-hybridized carbons (Fsp3) is 0.440. The zero-order valence-corrected chi connectivity index (χ0v) is 20.5. The van der Waals surface area contributed by atoms with E-state index in [1.54, 1.807) is 17.5 Å². The number of hydrogen-bond acceptors (Lipinski definition) is 7. The minimum Gasteiger partial charge on any atom is -0.300 e. The molecule has 178 valence electrons. The van der Waals surface area contributed by atoms with E-state index < -0.39 is 9.84 Å². The standard InChI is InChI=1S/C25H26N2O5S2/c1-14(28)22-13-33-25(26-22)27-24(30)21(11-15-2-6-18(29)10-15)17-5-9-23(20(12-17)16-3-4-16)34(31,32)19-7-8-19/h5,9,11-13,15-16,19H,2-4,6-8,10H2,1H3,(H,26,27,30)/t15-/m0/s1. The average Bonchev–Trinajstić information content (AvgIpc) is 3.72. The first-order valence-electron chi connectivity index (χ1n) is 11.6. The van der Waals surface area contributed by atoms with Gasteiger partial charge in [-0.15, -0.1) is 11.3 Å². The van der Waals surface area contributed by atoms with E-state index in [2.05, 4.69) is 10.3 Å². The van der Waals surface area contributed by atoms with E-state index in [1.165, 1.54) is 18.3 Å². The number of benzene rings is 1. The van der Waals surface area contributed by atoms with E-state index in [-0.39, 0.29) is 40.3 Å². The molecule has 0 spiro atoms. The third kappa shape index (κ3) is 4.77. The molecule has 1 heterocycles. The molecule has 9 heteroatoms. The molecule has 7 nitrogen and oxygen atoms in total. The lowest BCUT2D eigenvalue weighted by Gasteiger charge is -2.15. The maximum absolute atomic E-state index is 13.4. The monoisotopic (exact) mass is 498 g/mol. The second-order valence-corrected chi connectivity index (χ2v) is 12.5. The van der Waals surface area contributed by atoms with E-state index in [9.17, 15) is 22.8 Å². The van der Waals surface area contributed by atoms with Crippen molar-refractivity contribution in [3.8, 4) is 0 Å². The Morgan fingerprint density at radius 1 is 1.15 bits per heavy atom. The largest absolute Gasteiger partial charge is 0.300 e. The fourth-order valence-electron chi connectivity index (χ4n) is 4.43. The van der Waals surface area contributed by atoms with Crippen molar-refractivity contribution in [2.75, 3.05) is 5.32 Å². The van der Waals surface area contributed by atoms with Gasteiger partial charge >= 0.3 is 0 Å². The van der Waals surface area contributed by atoms with Crippen molar-refractivity contribution in [2.24, 2.45) is 5.92 Å². The number of hydrogen-bond donors (Lipinski definition) is 1. The lowest BCUT2D eigenvalue weighted by atomic mass is 9.96. The van der Waals surface area contributed by atoms with Crippen LogP contribution in [0.4, 0.5) is 5.13 Å². The quantitative estimate of drug-likeness (QED) is 0.422. The molecule has 0 aliphatic heterocycles. The van der Waals surface area contributed by atoms with Crippen molar-refractivity contribution < 1.29 is 22.8 Å². The summed E-state index contributed by atoms with van der Waals surface area (Å²) in [4.78, 5) is 41.3. The van der Waals surface area contributed by atoms with Crippen LogP contribution < -0.4 is 5.32 Å². The zero-order valence-electron chi connectivity index (χ0n) is 18.9. The molecule has 3 aliphatic carbocycles. The van der Waals surface area contributed by atoms with Gasteiger partial charge in [0.2, 0.25) is 0 Å². The minimum absolute atomic E-state index is 0.0448. The molecule has 5 rings (SSSR count). The number of nitrogens with zero attached hydrogens (tertiary/aromatic N) is 1. The van der Waals surface area contributed by atoms with Crippen LogP contribution in [0.3, 0.4) is 0 Å². The van der Waals surface area contributed by atoms with Gasteiger partial charge in [0, 0.05) is 30.7 Å². The summed E-state index contributed by atoms with van der Waals surface area (Å²) in [6.07, 6.45) is 6.69. The van der Waals surface area contributed by atoms with Gasteiger partial charge in [-0.3, -0.25) is 19.7 Å². The van der Waals surface area contributed by atoms with Crippen molar-refractivity contribution in [3.63, 3.8) is 0 Å². The first-order valence-corrected chi connectivity index (χ1v) is 14.0. The first-order chi connectivity index (χ1) is 16.2. The first kappa shape index (κ1) is 23.1. The van der Waals surface area contributed by atoms with Crippen LogP contribution in [0, 0.1) is 5.92 Å². The molecule has 34 heavy (non-hydrogen) atoms. The Labute approximate surface area is 202 Å². The number of carbonyl (C=O) groups excluding carboxylic acids is 3. The van der Waals surface area contributed by atoms with E-state index in [4.69, 9.17) is 0 Å². The van der Waals surface area contributed by atoms with Crippen LogP contribution in [0.1, 0.15) is 79.4 Å². The van der Waals surface area contributed by atoms with Crippen molar-refractivity contribution in [2.45, 2.75) is 67.9 Å². The summed E-state index contributed by atoms with van der Waals surface area (Å²) in [6, 6.07) is 5.19. The highest BCUT2D eigenvalue weighted by Crippen LogP contribution is 2.46. The second kappa shape index (κ2) is 8.85. The maximum atomic E-state index is 13.4. The van der Waals surface area contributed by atoms with E-state index >= 15 is 0 Å². The lowest BCUT2D eigenvalue weighted by Crippen LogP contribution is -2.16. The zero-order chi connectivity index (χ0) is 24.0. The Bertz CT molecular complexity index is 1320. The number of ketones is 2. The highest BCUT2D eigenvalue weighted by Gasteiger charge is 2.40. The van der Waals surface area contributed by atoms with Crippen molar-refractivity contribution in [1.29, 1.82) is 0 Å². The molecule has 0 saturated heterocycles. The summed E-state index contributed by atoms with van der Waals surface area (Å²) in [5, 5.41) is 4.41. The molecule has 2 aromatic rings. The van der Waals surface area contributed by atoms with Gasteiger partial charge in [-0.05, 0) is 67.2 Å². The van der Waals surface area contributed by atoms with E-state index in [0.717, 1.165) is 18.4 Å². The number of anilines is 1. The maximum Gasteiger partial charge on any atom is 0.257 e. The minimum atomic E-state index is -3.35. The summed E-state index contributed by atoms with van der Waals surface area (Å²) < 4.78 is 26.0. The summed E-state index contributed by atoms with van der Waals surface area (Å²) in [5.74, 6) is -0.243. The molecule has 1 aromatic heterocycles. The molecule has 0 radical (unpaired) electrons. The van der Waals surface area contributed by atoms with Crippen LogP contribution >= 0.6 is 11.3 Å². The molecule has 3 aliphatic rings. The summed E-state index contributed by atoms with van der Waals surface area (Å²) in [5.41, 5.74) is 2.12. The average molecular weight is 499 g/mol. The predicted molar refractivity (Wildman–Crippen MR) is 130 cm³/mol. The highest BCUT2D eigenvalue weighted by molar-refractivity contribution is 7.92. The molecule has 1 N–H and O–H groups in total. The van der Waals surface area contributed by atoms with Crippen molar-refractivity contribution in [1.82, 2.24) is 4.98 Å². The predicted octanol–water partition coefficient (Wildman–Crippen LogP) is 4.55. The molecular formula is C25H26N2O5S2. The van der Waals surface area contributed by atoms with Crippen LogP contribution in [0.2, 0.25) is 0 Å². The number of sulfone groups is 1. The number of amides is 1. The number of rotatable bonds is 8. The SMILES string of the molecule is CC(=O)c1csc(NC(=O)C(=C[C@H]2CCC(=O)C2)c2ccc(S(=O)(=O)C3CC3)c(C3CC3)c2)n1. The Kier molecular flexibility index (Phi) is 6.02. The molecular weight excluding hydrogens is 472 g/mol. The second-order valence-electron chi connectivity index (χ2n) is 9.44. The Hall–Kier alpha value is -2.65. The smallest absolute Gasteiger partial charge is 0.257 e. The summed E-state index contributed by atoms with van der Waals surface area (Å²) >= 11 is 1.17. The van der Waals surface area contributed by atoms with E-state index in [0.29, 0.717) is 53.3 Å². The van der Waals surface area contributed by atoms with Gasteiger partial charge in [-0.2, -0.15) is 0 Å². The molecule has 1 amide bonds. The fourth-order valence-corrected chi connectivity index (χ4v) is 7.10. The third-order valence-electron chi connectivity index (χ3n) is 6.62. The number of carbonyl (C=O) groups is 3. The third-order valence-corrected chi connectivity index (χ3v) is 9.72. The molecule has 1 atom stereocenters. The van der Waals surface area contributed by atoms with Crippen LogP contribution in [0.25, 0.3) is 5.57 Å². The van der Waals surface area contributed by atoms with Gasteiger partial charge < -0.3 is 0 Å². The number of allylic oxidation sites excluding steroid dienone is 1. The van der Waals surface area contributed by atoms with Gasteiger partial charge in [-0.1, -0.05) is 12.1 Å². The topological polar surface area (TPSA) is 110 Å². The summed E-state index contributed by atoms with van der Waals surface area (Å²) in [6.45, 7) is 1.42. The van der Waals surface area contributed by atoms with Gasteiger partial charge in [-0.25, -0.2) is 13.4 Å². The lowest BCUT2D eigenvalue weighted by molar-refractivity contribution is -0.117. The van der Waals surface area contributed by atoms with Crippen molar-refractivity contribution in [3.05, 3.63) is 46.5 Å². The van der Waals surface area contributed by atoms with Gasteiger partial charge in [0.05, 0.1) is 10.1 Å². The number of aromatic nitrogens is 1. The molecule has 3 saturated carbocycles. The highest BCUT2D eigenvalue weighted by atomic mass is 32.2. The molecule has 1 aromatic carbocycles. The van der Waals surface area contributed by atoms with Crippen molar-refractivity contribution >= 4 is 49.4 Å². The number of nitrogens with one attached hydrogen (secondary N) is 1. The van der Waals surface area contributed by atoms with Gasteiger partial charge in [0.1, 0.15) is 11.5 Å². The van der Waals surface area contributed by atoms with Crippen LogP contribution in [-0.4, -0.2) is 36.1 Å². The van der Waals surface area contributed by atoms with Crippen LogP contribution in [-0.2, 0) is 19.4 Å². The van der Waals surface area contributed by atoms with E-state index in [1.807, 2.05) is 12.1 Å². The molecule has 0 bridgehead atoms. The van der Waals surface area contributed by atoms with Crippen LogP contribution in [0.5, 0.6) is 0 Å². The Morgan fingerprint density at radius 2 is 1.91 bits per heavy atom. The summed E-state index contributed by atoms with van der Waals surface area (Å²) in [7, 11) is -3.35. The molecule has 3 fully saturated rings. The van der Waals surface area contributed by atoms with Crippen LogP contribution in [0.15, 0.2) is 34.6 Å². The number of thiazole rings is 1. The van der Waals surface area contributed by atoms with Gasteiger partial charge in [0.25, 0.3) is 5.91 Å². The number of Topliss-reactive ketones (excluding diaryl/α,β-unsaturated/α-hetero) is 2. The molecule has 0 unspecified atom stereocenters. The Balaban J connectivity index is 1.51. The Morgan fingerprint density at radius 3 is 2.50 bits per heavy atom. The van der Waals surface area contributed by atoms with Gasteiger partial charge in [0.15, 0.2) is 20.8 Å². The normalized spacial score (nSPS) is 21.0.